The van der Waals surface area contributed by atoms with Crippen LogP contribution < -0.4 is 0 Å². The van der Waals surface area contributed by atoms with Gasteiger partial charge in [-0.05, 0) is 64.0 Å². The highest BCUT2D eigenvalue weighted by atomic mass is 16.3. The summed E-state index contributed by atoms with van der Waals surface area (Å²) in [6.07, 6.45) is 0. The Labute approximate surface area is 266 Å². The predicted molar refractivity (Wildman–Crippen MR) is 191 cm³/mol. The van der Waals surface area contributed by atoms with Crippen molar-refractivity contribution in [1.82, 2.24) is 14.5 Å². The van der Waals surface area contributed by atoms with Crippen LogP contribution in [0.3, 0.4) is 0 Å². The highest BCUT2D eigenvalue weighted by Crippen LogP contribution is 2.43. The molecule has 11 rings (SSSR count). The normalized spacial score (nSPS) is 12.3. The first-order chi connectivity index (χ1) is 23.3. The van der Waals surface area contributed by atoms with Crippen LogP contribution >= 0.6 is 0 Å². The molecule has 47 heavy (non-hydrogen) atoms. The molecule has 0 saturated heterocycles. The minimum atomic E-state index is 0.506. The average Bonchev–Trinajstić information content (AvgIpc) is 3.79. The van der Waals surface area contributed by atoms with E-state index < -0.39 is 0 Å². The predicted octanol–water partition coefficient (Wildman–Crippen LogP) is 11.3. The Kier molecular flexibility index (Phi) is 4.78. The Balaban J connectivity index is 1.37. The third-order valence-electron chi connectivity index (χ3n) is 9.59. The largest absolute Gasteiger partial charge is 0.456 e. The van der Waals surface area contributed by atoms with Gasteiger partial charge >= 0.3 is 0 Å². The molecule has 0 aliphatic carbocycles. The van der Waals surface area contributed by atoms with Crippen LogP contribution in [0.4, 0.5) is 0 Å². The zero-order valence-electron chi connectivity index (χ0n) is 24.9. The fourth-order valence-corrected chi connectivity index (χ4v) is 7.52. The Morgan fingerprint density at radius 1 is 0.447 bits per heavy atom. The number of furan rings is 2. The van der Waals surface area contributed by atoms with Crippen LogP contribution in [-0.2, 0) is 0 Å². The van der Waals surface area contributed by atoms with Crippen molar-refractivity contribution in [3.05, 3.63) is 140 Å². The van der Waals surface area contributed by atoms with Crippen LogP contribution in [0.15, 0.2) is 148 Å². The summed E-state index contributed by atoms with van der Waals surface area (Å²) in [6.45, 7) is 0. The van der Waals surface area contributed by atoms with Crippen molar-refractivity contribution in [2.75, 3.05) is 0 Å². The van der Waals surface area contributed by atoms with Crippen LogP contribution in [0.25, 0.3) is 105 Å². The lowest BCUT2D eigenvalue weighted by Gasteiger charge is -2.13. The van der Waals surface area contributed by atoms with Gasteiger partial charge in [-0.3, -0.25) is 4.57 Å². The summed E-state index contributed by atoms with van der Waals surface area (Å²) in [5.41, 5.74) is 7.46. The number of aromatic nitrogens is 3. The van der Waals surface area contributed by atoms with Gasteiger partial charge < -0.3 is 8.83 Å². The van der Waals surface area contributed by atoms with E-state index in [4.69, 9.17) is 18.8 Å². The van der Waals surface area contributed by atoms with Crippen molar-refractivity contribution >= 4 is 87.5 Å². The van der Waals surface area contributed by atoms with E-state index in [1.54, 1.807) is 0 Å². The summed E-state index contributed by atoms with van der Waals surface area (Å²) in [7, 11) is 0. The van der Waals surface area contributed by atoms with E-state index in [-0.39, 0.29) is 0 Å². The lowest BCUT2D eigenvalue weighted by molar-refractivity contribution is 0.653. The molecule has 0 N–H and O–H groups in total. The third-order valence-corrected chi connectivity index (χ3v) is 9.59. The molecule has 0 spiro atoms. The van der Waals surface area contributed by atoms with E-state index in [1.807, 2.05) is 48.5 Å². The van der Waals surface area contributed by atoms with Crippen molar-refractivity contribution < 1.29 is 8.83 Å². The van der Waals surface area contributed by atoms with E-state index in [0.717, 1.165) is 66.5 Å². The minimum Gasteiger partial charge on any atom is -0.456 e. The van der Waals surface area contributed by atoms with E-state index >= 15 is 0 Å². The Hall–Kier alpha value is -6.46. The third kappa shape index (κ3) is 3.37. The Bertz CT molecular complexity index is 3090. The zero-order chi connectivity index (χ0) is 30.6. The minimum absolute atomic E-state index is 0.506. The summed E-state index contributed by atoms with van der Waals surface area (Å²) < 4.78 is 15.0. The van der Waals surface area contributed by atoms with Crippen molar-refractivity contribution in [3.63, 3.8) is 0 Å². The average molecular weight is 602 g/mol. The summed E-state index contributed by atoms with van der Waals surface area (Å²) in [5.74, 6) is 0.743. The number of para-hydroxylation sites is 2. The van der Waals surface area contributed by atoms with Gasteiger partial charge in [0.1, 0.15) is 28.0 Å². The Morgan fingerprint density at radius 3 is 1.98 bits per heavy atom. The van der Waals surface area contributed by atoms with Gasteiger partial charge in [-0.25, -0.2) is 9.97 Å². The van der Waals surface area contributed by atoms with E-state index in [2.05, 4.69) is 95.6 Å². The summed E-state index contributed by atoms with van der Waals surface area (Å²) >= 11 is 0. The van der Waals surface area contributed by atoms with Crippen LogP contribution in [0.1, 0.15) is 0 Å². The van der Waals surface area contributed by atoms with Gasteiger partial charge in [0.25, 0.3) is 0 Å². The fourth-order valence-electron chi connectivity index (χ4n) is 7.52. The van der Waals surface area contributed by atoms with Gasteiger partial charge in [0.2, 0.25) is 5.71 Å². The number of hydrogen-bond acceptors (Lipinski definition) is 4. The van der Waals surface area contributed by atoms with Gasteiger partial charge in [-0.15, -0.1) is 0 Å². The summed E-state index contributed by atoms with van der Waals surface area (Å²) in [4.78, 5) is 10.8. The fraction of sp³-hybridized carbons (Fsp3) is 0. The van der Waals surface area contributed by atoms with Gasteiger partial charge in [0.05, 0.1) is 11.0 Å². The monoisotopic (exact) mass is 601 g/mol. The molecule has 0 amide bonds. The maximum Gasteiger partial charge on any atom is 0.247 e. The highest BCUT2D eigenvalue weighted by molar-refractivity contribution is 6.23. The van der Waals surface area contributed by atoms with Gasteiger partial charge in [-0.2, -0.15) is 0 Å². The van der Waals surface area contributed by atoms with Crippen molar-refractivity contribution in [2.24, 2.45) is 0 Å². The molecule has 5 nitrogen and oxygen atoms in total. The molecule has 0 aliphatic heterocycles. The first kappa shape index (κ1) is 24.8. The molecule has 0 aliphatic rings. The molecule has 0 saturated carbocycles. The first-order valence-electron chi connectivity index (χ1n) is 15.8. The molecular weight excluding hydrogens is 578 g/mol. The second-order valence-electron chi connectivity index (χ2n) is 12.2. The number of fused-ring (bicyclic) bond motifs is 12. The molecule has 218 valence electrons. The highest BCUT2D eigenvalue weighted by Gasteiger charge is 2.25. The SMILES string of the molecule is c1ccc2cc3c(cc2c1)c1c2ccccc2ccc1n3-c1nc2c(nc1-c1cccc3oc4ccccc4c13)oc1ccccc12. The number of rotatable bonds is 2. The van der Waals surface area contributed by atoms with Crippen LogP contribution in [0.2, 0.25) is 0 Å². The zero-order valence-corrected chi connectivity index (χ0v) is 24.9. The molecule has 0 unspecified atom stereocenters. The smallest absolute Gasteiger partial charge is 0.247 e. The van der Waals surface area contributed by atoms with E-state index in [9.17, 15) is 0 Å². The summed E-state index contributed by atoms with van der Waals surface area (Å²) in [6, 6.07) is 48.5. The maximum atomic E-state index is 6.35. The van der Waals surface area contributed by atoms with Crippen molar-refractivity contribution in [3.8, 4) is 17.1 Å². The van der Waals surface area contributed by atoms with Crippen LogP contribution in [-0.4, -0.2) is 14.5 Å². The van der Waals surface area contributed by atoms with Gasteiger partial charge in [0.15, 0.2) is 5.82 Å². The molecular formula is C42H23N3O2. The molecule has 4 aromatic heterocycles. The Morgan fingerprint density at radius 2 is 1.13 bits per heavy atom. The topological polar surface area (TPSA) is 57.0 Å². The van der Waals surface area contributed by atoms with Crippen LogP contribution in [0.5, 0.6) is 0 Å². The lowest BCUT2D eigenvalue weighted by atomic mass is 10.0. The molecule has 5 heteroatoms. The molecule has 0 bridgehead atoms. The quantitative estimate of drug-likeness (QED) is 0.198. The van der Waals surface area contributed by atoms with Crippen molar-refractivity contribution in [1.29, 1.82) is 0 Å². The molecule has 0 fully saturated rings. The van der Waals surface area contributed by atoms with Gasteiger partial charge in [-0.1, -0.05) is 97.1 Å². The van der Waals surface area contributed by atoms with Gasteiger partial charge in [0, 0.05) is 32.5 Å². The standard InChI is InChI=1S/C42H23N3O2/c1-2-12-26-23-33-31(22-25(26)11-1)37-27-13-4-3-10-24(27)20-21-32(37)45(33)41-39(44-42-40(43-41)29-15-6-8-18-35(29)47-42)30-16-9-19-36-38(30)28-14-5-7-17-34(28)46-36/h1-23H. The maximum absolute atomic E-state index is 6.35. The second-order valence-corrected chi connectivity index (χ2v) is 12.2. The first-order valence-corrected chi connectivity index (χ1v) is 15.8. The summed E-state index contributed by atoms with van der Waals surface area (Å²) in [5, 5.41) is 10.1. The molecule has 11 aromatic rings. The number of nitrogens with zero attached hydrogens (tertiary/aromatic N) is 3. The molecule has 4 heterocycles. The number of benzene rings is 7. The molecule has 0 atom stereocenters. The van der Waals surface area contributed by atoms with E-state index in [1.165, 1.54) is 32.3 Å². The number of hydrogen-bond donors (Lipinski definition) is 0. The van der Waals surface area contributed by atoms with Crippen molar-refractivity contribution in [2.45, 2.75) is 0 Å². The lowest BCUT2D eigenvalue weighted by Crippen LogP contribution is -2.03. The second kappa shape index (κ2) is 9.05. The molecule has 0 radical (unpaired) electrons. The van der Waals surface area contributed by atoms with Crippen LogP contribution in [0, 0.1) is 0 Å². The molecule has 7 aromatic carbocycles. The van der Waals surface area contributed by atoms with E-state index in [0.29, 0.717) is 5.71 Å².